The number of hydrogen-bond donors (Lipinski definition) is 0. The molecule has 1 aromatic heterocycles. The molecule has 7 nitrogen and oxygen atoms in total. The lowest BCUT2D eigenvalue weighted by Gasteiger charge is -2.40. The second-order valence-electron chi connectivity index (χ2n) is 7.20. The molecule has 0 bridgehead atoms. The predicted octanol–water partition coefficient (Wildman–Crippen LogP) is 2.70. The maximum atomic E-state index is 13.9. The van der Waals surface area contributed by atoms with Crippen LogP contribution in [0, 0.1) is 5.82 Å². The number of urea groups is 1. The molecule has 2 fully saturated rings. The van der Waals surface area contributed by atoms with Gasteiger partial charge in [-0.2, -0.15) is 13.2 Å². The molecule has 2 aliphatic rings. The monoisotopic (exact) mass is 413 g/mol. The number of likely N-dealkylation sites (tertiary alicyclic amines) is 2. The van der Waals surface area contributed by atoms with Crippen molar-refractivity contribution < 1.29 is 27.1 Å². The zero-order chi connectivity index (χ0) is 20.6. The second-order valence-corrected chi connectivity index (χ2v) is 7.20. The molecule has 156 valence electrons. The number of carbonyl (C=O) groups excluding carboxylic acids is 1. The predicted molar refractivity (Wildman–Crippen MR) is 92.2 cm³/mol. The molecule has 0 radical (unpaired) electrons. The zero-order valence-electron chi connectivity index (χ0n) is 15.3. The summed E-state index contributed by atoms with van der Waals surface area (Å²) in [5.41, 5.74) is -0.980. The molecule has 2 aliphatic heterocycles. The summed E-state index contributed by atoms with van der Waals surface area (Å²) in [6.45, 7) is 1.77. The molecule has 0 N–H and O–H groups in total. The molecule has 2 saturated heterocycles. The van der Waals surface area contributed by atoms with Crippen LogP contribution < -0.4 is 0 Å². The number of rotatable bonds is 4. The number of ether oxygens (including phenoxy) is 1. The van der Waals surface area contributed by atoms with Crippen molar-refractivity contribution in [2.45, 2.75) is 31.3 Å². The summed E-state index contributed by atoms with van der Waals surface area (Å²) in [6, 6.07) is 2.39. The Morgan fingerprint density at radius 3 is 2.66 bits per heavy atom. The number of carbonyl (C=O) groups is 1. The standard InChI is InChI=1S/C18H19F4N5O2/c19-16-7-13(18(20,21)22)2-1-12(16)11-29-15-9-26(10-15)17(28)25-5-3-14(8-25)27-6-4-23-24-27/h1-2,4,6-7,14-15H,3,5,8-11H2. The van der Waals surface area contributed by atoms with Gasteiger partial charge in [-0.05, 0) is 18.6 Å². The van der Waals surface area contributed by atoms with E-state index in [0.717, 1.165) is 18.6 Å². The van der Waals surface area contributed by atoms with Gasteiger partial charge >= 0.3 is 12.2 Å². The van der Waals surface area contributed by atoms with Gasteiger partial charge in [0, 0.05) is 24.8 Å². The molecule has 0 saturated carbocycles. The Bertz CT molecular complexity index is 868. The molecule has 2 aromatic rings. The van der Waals surface area contributed by atoms with Crippen LogP contribution in [0.1, 0.15) is 23.6 Å². The number of nitrogens with zero attached hydrogens (tertiary/aromatic N) is 5. The highest BCUT2D eigenvalue weighted by molar-refractivity contribution is 5.75. The molecule has 11 heteroatoms. The SMILES string of the molecule is O=C(N1CC(OCc2ccc(C(F)(F)F)cc2F)C1)N1CCC(n2ccnn2)C1. The molecule has 29 heavy (non-hydrogen) atoms. The maximum absolute atomic E-state index is 13.9. The number of benzene rings is 1. The minimum Gasteiger partial charge on any atom is -0.370 e. The fourth-order valence-electron chi connectivity index (χ4n) is 3.49. The molecular weight excluding hydrogens is 394 g/mol. The Kier molecular flexibility index (Phi) is 5.15. The Morgan fingerprint density at radius 1 is 1.21 bits per heavy atom. The van der Waals surface area contributed by atoms with Crippen molar-refractivity contribution in [3.05, 3.63) is 47.5 Å². The number of alkyl halides is 3. The first kappa shape index (κ1) is 19.6. The lowest BCUT2D eigenvalue weighted by Crippen LogP contribution is -2.58. The van der Waals surface area contributed by atoms with Crippen LogP contribution >= 0.6 is 0 Å². The average molecular weight is 413 g/mol. The van der Waals surface area contributed by atoms with Gasteiger partial charge in [-0.1, -0.05) is 11.3 Å². The first-order chi connectivity index (χ1) is 13.8. The lowest BCUT2D eigenvalue weighted by molar-refractivity contribution is -0.137. The van der Waals surface area contributed by atoms with Crippen LogP contribution in [0.5, 0.6) is 0 Å². The topological polar surface area (TPSA) is 63.5 Å². The molecule has 3 heterocycles. The van der Waals surface area contributed by atoms with Gasteiger partial charge in [0.2, 0.25) is 0 Å². The summed E-state index contributed by atoms with van der Waals surface area (Å²) in [5, 5.41) is 7.74. The molecular formula is C18H19F4N5O2. The normalized spacial score (nSPS) is 20.2. The summed E-state index contributed by atoms with van der Waals surface area (Å²) >= 11 is 0. The van der Waals surface area contributed by atoms with Crippen LogP contribution in [0.2, 0.25) is 0 Å². The average Bonchev–Trinajstić information content (AvgIpc) is 3.31. The van der Waals surface area contributed by atoms with Crippen molar-refractivity contribution in [3.8, 4) is 0 Å². The maximum Gasteiger partial charge on any atom is 0.416 e. The van der Waals surface area contributed by atoms with Crippen molar-refractivity contribution in [3.63, 3.8) is 0 Å². The van der Waals surface area contributed by atoms with Crippen LogP contribution in [-0.4, -0.2) is 63.1 Å². The molecule has 1 atom stereocenters. The summed E-state index contributed by atoms with van der Waals surface area (Å²) < 4.78 is 58.9. The van der Waals surface area contributed by atoms with Crippen LogP contribution in [-0.2, 0) is 17.5 Å². The van der Waals surface area contributed by atoms with Gasteiger partial charge < -0.3 is 14.5 Å². The van der Waals surface area contributed by atoms with E-state index in [2.05, 4.69) is 10.3 Å². The molecule has 4 rings (SSSR count). The van der Waals surface area contributed by atoms with Gasteiger partial charge in [0.15, 0.2) is 0 Å². The molecule has 1 aromatic carbocycles. The van der Waals surface area contributed by atoms with Gasteiger partial charge in [-0.15, -0.1) is 5.10 Å². The highest BCUT2D eigenvalue weighted by Gasteiger charge is 2.37. The van der Waals surface area contributed by atoms with Gasteiger partial charge in [-0.25, -0.2) is 13.9 Å². The van der Waals surface area contributed by atoms with Gasteiger partial charge in [-0.3, -0.25) is 0 Å². The van der Waals surface area contributed by atoms with E-state index in [-0.39, 0.29) is 30.3 Å². The van der Waals surface area contributed by atoms with E-state index >= 15 is 0 Å². The van der Waals surface area contributed by atoms with Crippen LogP contribution in [0.3, 0.4) is 0 Å². The Balaban J connectivity index is 1.23. The quantitative estimate of drug-likeness (QED) is 0.724. The smallest absolute Gasteiger partial charge is 0.370 e. The Labute approximate surface area is 163 Å². The third-order valence-electron chi connectivity index (χ3n) is 5.22. The lowest BCUT2D eigenvalue weighted by atomic mass is 10.1. The first-order valence-corrected chi connectivity index (χ1v) is 9.18. The minimum atomic E-state index is -4.59. The van der Waals surface area contributed by atoms with E-state index in [4.69, 9.17) is 4.74 Å². The van der Waals surface area contributed by atoms with Gasteiger partial charge in [0.25, 0.3) is 0 Å². The van der Waals surface area contributed by atoms with Crippen LogP contribution in [0.25, 0.3) is 0 Å². The Morgan fingerprint density at radius 2 is 2.00 bits per heavy atom. The van der Waals surface area contributed by atoms with Crippen molar-refractivity contribution in [1.29, 1.82) is 0 Å². The summed E-state index contributed by atoms with van der Waals surface area (Å²) in [5.74, 6) is -0.955. The third-order valence-corrected chi connectivity index (χ3v) is 5.22. The van der Waals surface area contributed by atoms with E-state index in [1.54, 1.807) is 26.9 Å². The first-order valence-electron chi connectivity index (χ1n) is 9.18. The summed E-state index contributed by atoms with van der Waals surface area (Å²) in [4.78, 5) is 15.9. The number of halogens is 4. The summed E-state index contributed by atoms with van der Waals surface area (Å²) in [6.07, 6.45) is -0.684. The number of hydrogen-bond acceptors (Lipinski definition) is 4. The van der Waals surface area contributed by atoms with Gasteiger partial charge in [0.05, 0.1) is 43.6 Å². The third kappa shape index (κ3) is 4.19. The second kappa shape index (κ2) is 7.62. The van der Waals surface area contributed by atoms with E-state index < -0.39 is 17.6 Å². The van der Waals surface area contributed by atoms with Gasteiger partial charge in [0.1, 0.15) is 5.82 Å². The molecule has 1 unspecified atom stereocenters. The molecule has 2 amide bonds. The van der Waals surface area contributed by atoms with E-state index in [0.29, 0.717) is 32.2 Å². The van der Waals surface area contributed by atoms with E-state index in [1.165, 1.54) is 0 Å². The zero-order valence-corrected chi connectivity index (χ0v) is 15.3. The minimum absolute atomic E-state index is 0.0537. The van der Waals surface area contributed by atoms with Crippen molar-refractivity contribution in [1.82, 2.24) is 24.8 Å². The van der Waals surface area contributed by atoms with Crippen LogP contribution in [0.15, 0.2) is 30.6 Å². The Hall–Kier alpha value is -2.69. The fraction of sp³-hybridized carbons (Fsp3) is 0.500. The largest absolute Gasteiger partial charge is 0.416 e. The molecule has 0 spiro atoms. The van der Waals surface area contributed by atoms with Crippen molar-refractivity contribution in [2.75, 3.05) is 26.2 Å². The number of amides is 2. The fourth-order valence-corrected chi connectivity index (χ4v) is 3.49. The highest BCUT2D eigenvalue weighted by atomic mass is 19.4. The molecule has 0 aliphatic carbocycles. The van der Waals surface area contributed by atoms with Crippen LogP contribution in [0.4, 0.5) is 22.4 Å². The van der Waals surface area contributed by atoms with Crippen molar-refractivity contribution in [2.24, 2.45) is 0 Å². The van der Waals surface area contributed by atoms with Crippen molar-refractivity contribution >= 4 is 6.03 Å². The summed E-state index contributed by atoms with van der Waals surface area (Å²) in [7, 11) is 0. The van der Waals surface area contributed by atoms with E-state index in [1.807, 2.05) is 0 Å². The highest BCUT2D eigenvalue weighted by Crippen LogP contribution is 2.30. The number of aromatic nitrogens is 3. The van der Waals surface area contributed by atoms with E-state index in [9.17, 15) is 22.4 Å².